The maximum absolute atomic E-state index is 13.3. The van der Waals surface area contributed by atoms with Crippen LogP contribution in [-0.4, -0.2) is 59.9 Å². The molecule has 0 radical (unpaired) electrons. The Morgan fingerprint density at radius 2 is 1.97 bits per heavy atom. The van der Waals surface area contributed by atoms with E-state index in [9.17, 15) is 19.2 Å². The topological polar surface area (TPSA) is 105 Å². The van der Waals surface area contributed by atoms with Gasteiger partial charge in [-0.3, -0.25) is 19.2 Å². The minimum atomic E-state index is -0.793. The quantitative estimate of drug-likeness (QED) is 0.659. The molecule has 2 saturated heterocycles. The van der Waals surface area contributed by atoms with E-state index in [2.05, 4.69) is 10.6 Å². The summed E-state index contributed by atoms with van der Waals surface area (Å²) in [5.74, 6) is -1.57. The van der Waals surface area contributed by atoms with Crippen molar-refractivity contribution in [1.82, 2.24) is 15.5 Å². The van der Waals surface area contributed by atoms with Crippen LogP contribution in [0.3, 0.4) is 0 Å². The van der Waals surface area contributed by atoms with Gasteiger partial charge < -0.3 is 20.3 Å². The average molecular weight is 436 g/mol. The van der Waals surface area contributed by atoms with Crippen molar-refractivity contribution >= 4 is 35.3 Å². The monoisotopic (exact) mass is 435 g/mol. The minimum Gasteiger partial charge on any atom is -0.463 e. The van der Waals surface area contributed by atoms with E-state index >= 15 is 0 Å². The fourth-order valence-corrected chi connectivity index (χ4v) is 3.98. The number of benzene rings is 1. The zero-order valence-corrected chi connectivity index (χ0v) is 17.8. The van der Waals surface area contributed by atoms with Crippen molar-refractivity contribution in [3.05, 3.63) is 34.9 Å². The van der Waals surface area contributed by atoms with Gasteiger partial charge in [-0.25, -0.2) is 0 Å². The number of hydrogen-bond donors (Lipinski definition) is 2. The Morgan fingerprint density at radius 3 is 2.60 bits per heavy atom. The lowest BCUT2D eigenvalue weighted by Gasteiger charge is -2.31. The third-order valence-electron chi connectivity index (χ3n) is 5.38. The maximum atomic E-state index is 13.3. The van der Waals surface area contributed by atoms with Crippen molar-refractivity contribution in [2.24, 2.45) is 5.92 Å². The fraction of sp³-hybridized carbons (Fsp3) is 0.524. The molecule has 8 nitrogen and oxygen atoms in total. The van der Waals surface area contributed by atoms with Crippen LogP contribution in [0.15, 0.2) is 24.3 Å². The molecule has 162 valence electrons. The maximum Gasteiger partial charge on any atom is 0.308 e. The Labute approximate surface area is 180 Å². The van der Waals surface area contributed by atoms with Crippen LogP contribution in [0, 0.1) is 5.92 Å². The molecule has 2 N–H and O–H groups in total. The molecular formula is C21H26ClN3O5. The van der Waals surface area contributed by atoms with Crippen LogP contribution in [0.5, 0.6) is 0 Å². The third-order valence-corrected chi connectivity index (χ3v) is 5.71. The van der Waals surface area contributed by atoms with Gasteiger partial charge in [-0.1, -0.05) is 37.6 Å². The number of halogens is 1. The Bertz CT molecular complexity index is 844. The molecule has 3 atom stereocenters. The van der Waals surface area contributed by atoms with Crippen molar-refractivity contribution in [1.29, 1.82) is 0 Å². The molecule has 2 aliphatic rings. The molecule has 0 spiro atoms. The Kier molecular flexibility index (Phi) is 6.97. The highest BCUT2D eigenvalue weighted by Crippen LogP contribution is 2.22. The first kappa shape index (κ1) is 22.1. The highest BCUT2D eigenvalue weighted by molar-refractivity contribution is 6.33. The van der Waals surface area contributed by atoms with Crippen LogP contribution in [0.25, 0.3) is 0 Å². The summed E-state index contributed by atoms with van der Waals surface area (Å²) in [5, 5.41) is 5.88. The van der Waals surface area contributed by atoms with Gasteiger partial charge in [0, 0.05) is 6.54 Å². The number of rotatable bonds is 6. The van der Waals surface area contributed by atoms with Gasteiger partial charge in [0.15, 0.2) is 0 Å². The van der Waals surface area contributed by atoms with Gasteiger partial charge in [0.2, 0.25) is 11.8 Å². The lowest BCUT2D eigenvalue weighted by atomic mass is 10.0. The summed E-state index contributed by atoms with van der Waals surface area (Å²) in [6.07, 6.45) is 1.35. The van der Waals surface area contributed by atoms with Gasteiger partial charge >= 0.3 is 5.97 Å². The third kappa shape index (κ3) is 4.92. The van der Waals surface area contributed by atoms with Crippen LogP contribution in [-0.2, 0) is 19.1 Å². The molecule has 1 aromatic rings. The highest BCUT2D eigenvalue weighted by atomic mass is 35.5. The molecule has 3 rings (SSSR count). The summed E-state index contributed by atoms with van der Waals surface area (Å²) in [4.78, 5) is 51.4. The van der Waals surface area contributed by atoms with Crippen LogP contribution >= 0.6 is 11.6 Å². The second-order valence-corrected chi connectivity index (χ2v) is 8.36. The number of nitrogens with one attached hydrogen (secondary N) is 2. The van der Waals surface area contributed by atoms with Crippen LogP contribution < -0.4 is 10.6 Å². The Hall–Kier alpha value is -2.61. The molecule has 3 amide bonds. The second kappa shape index (κ2) is 9.47. The average Bonchev–Trinajstić information content (AvgIpc) is 3.34. The number of carbonyl (C=O) groups excluding carboxylic acids is 4. The van der Waals surface area contributed by atoms with E-state index in [0.29, 0.717) is 30.0 Å². The van der Waals surface area contributed by atoms with E-state index in [1.54, 1.807) is 24.3 Å². The Balaban J connectivity index is 1.69. The van der Waals surface area contributed by atoms with Crippen LogP contribution in [0.1, 0.15) is 43.5 Å². The number of likely N-dealkylation sites (tertiary alicyclic amines) is 1. The van der Waals surface area contributed by atoms with Crippen LogP contribution in [0.4, 0.5) is 0 Å². The number of nitrogens with zero attached hydrogens (tertiary/aromatic N) is 1. The number of carbonyl (C=O) groups is 4. The minimum absolute atomic E-state index is 0.134. The summed E-state index contributed by atoms with van der Waals surface area (Å²) in [5.41, 5.74) is 0.291. The lowest BCUT2D eigenvalue weighted by molar-refractivity contribution is -0.140. The SMILES string of the molecule is CC(C)[C@H](NC(=O)c1ccccc1Cl)C(=O)N1CCC[C@H]1C(=O)N[C@@H]1COC(=O)C1. The smallest absolute Gasteiger partial charge is 0.308 e. The highest BCUT2D eigenvalue weighted by Gasteiger charge is 2.40. The van der Waals surface area contributed by atoms with Gasteiger partial charge in [0.25, 0.3) is 5.91 Å². The standard InChI is InChI=1S/C21H26ClN3O5/c1-12(2)18(24-19(27)14-6-3-4-7-15(14)22)21(29)25-9-5-8-16(25)20(28)23-13-10-17(26)30-11-13/h3-4,6-7,12-13,16,18H,5,8-11H2,1-2H3,(H,23,28)(H,24,27)/t13-,16-,18-/m0/s1. The molecule has 30 heavy (non-hydrogen) atoms. The zero-order valence-electron chi connectivity index (χ0n) is 17.0. The van der Waals surface area contributed by atoms with E-state index in [1.807, 2.05) is 13.8 Å². The molecule has 1 aromatic carbocycles. The Morgan fingerprint density at radius 1 is 1.23 bits per heavy atom. The number of amides is 3. The zero-order chi connectivity index (χ0) is 21.8. The van der Waals surface area contributed by atoms with Crippen molar-refractivity contribution in [3.63, 3.8) is 0 Å². The summed E-state index contributed by atoms with van der Waals surface area (Å²) >= 11 is 6.10. The normalized spacial score (nSPS) is 22.0. The number of ether oxygens (including phenoxy) is 1. The fourth-order valence-electron chi connectivity index (χ4n) is 3.76. The molecule has 0 bridgehead atoms. The molecule has 2 heterocycles. The van der Waals surface area contributed by atoms with E-state index in [1.165, 1.54) is 4.90 Å². The van der Waals surface area contributed by atoms with Crippen molar-refractivity contribution in [3.8, 4) is 0 Å². The molecule has 0 unspecified atom stereocenters. The molecule has 2 fully saturated rings. The first-order valence-electron chi connectivity index (χ1n) is 10.1. The van der Waals surface area contributed by atoms with Crippen LogP contribution in [0.2, 0.25) is 5.02 Å². The first-order chi connectivity index (χ1) is 14.3. The summed E-state index contributed by atoms with van der Waals surface area (Å²) in [6.45, 7) is 4.25. The number of cyclic esters (lactones) is 1. The molecule has 0 saturated carbocycles. The summed E-state index contributed by atoms with van der Waals surface area (Å²) in [6, 6.07) is 4.83. The molecular weight excluding hydrogens is 410 g/mol. The largest absolute Gasteiger partial charge is 0.463 e. The van der Waals surface area contributed by atoms with E-state index in [4.69, 9.17) is 16.3 Å². The van der Waals surface area contributed by atoms with Gasteiger partial charge in [-0.15, -0.1) is 0 Å². The van der Waals surface area contributed by atoms with Gasteiger partial charge in [-0.05, 0) is 30.9 Å². The van der Waals surface area contributed by atoms with Crippen molar-refractivity contribution < 1.29 is 23.9 Å². The molecule has 0 aliphatic carbocycles. The summed E-state index contributed by atoms with van der Waals surface area (Å²) in [7, 11) is 0. The predicted molar refractivity (Wildman–Crippen MR) is 110 cm³/mol. The summed E-state index contributed by atoms with van der Waals surface area (Å²) < 4.78 is 4.88. The lowest BCUT2D eigenvalue weighted by Crippen LogP contribution is -2.56. The van der Waals surface area contributed by atoms with Gasteiger partial charge in [0.1, 0.15) is 18.7 Å². The molecule has 0 aromatic heterocycles. The van der Waals surface area contributed by atoms with E-state index in [0.717, 1.165) is 0 Å². The second-order valence-electron chi connectivity index (χ2n) is 7.96. The van der Waals surface area contributed by atoms with E-state index in [-0.39, 0.29) is 42.8 Å². The van der Waals surface area contributed by atoms with Crippen molar-refractivity contribution in [2.45, 2.75) is 51.2 Å². The molecule has 9 heteroatoms. The number of hydrogen-bond acceptors (Lipinski definition) is 5. The van der Waals surface area contributed by atoms with Gasteiger partial charge in [-0.2, -0.15) is 0 Å². The predicted octanol–water partition coefficient (Wildman–Crippen LogP) is 1.52. The number of esters is 1. The van der Waals surface area contributed by atoms with E-state index < -0.39 is 18.0 Å². The van der Waals surface area contributed by atoms with Gasteiger partial charge in [0.05, 0.1) is 23.0 Å². The molecule has 2 aliphatic heterocycles. The van der Waals surface area contributed by atoms with Crippen molar-refractivity contribution in [2.75, 3.05) is 13.2 Å². The first-order valence-corrected chi connectivity index (χ1v) is 10.5.